The lowest BCUT2D eigenvalue weighted by Gasteiger charge is -2.13. The Hall–Kier alpha value is -0.670. The molecule has 0 radical (unpaired) electrons. The van der Waals surface area contributed by atoms with Crippen molar-refractivity contribution in [3.8, 4) is 0 Å². The highest BCUT2D eigenvalue weighted by Gasteiger charge is 2.25. The van der Waals surface area contributed by atoms with Crippen LogP contribution in [-0.4, -0.2) is 45.3 Å². The lowest BCUT2D eigenvalue weighted by molar-refractivity contribution is -0.139. The summed E-state index contributed by atoms with van der Waals surface area (Å²) >= 11 is 0. The largest absolute Gasteiger partial charge is 0.480 e. The van der Waals surface area contributed by atoms with Gasteiger partial charge in [-0.3, -0.25) is 4.79 Å². The van der Waals surface area contributed by atoms with Gasteiger partial charge in [0.15, 0.2) is 14.9 Å². The van der Waals surface area contributed by atoms with E-state index in [4.69, 9.17) is 5.11 Å². The summed E-state index contributed by atoms with van der Waals surface area (Å²) in [5, 5.41) is 7.59. The Labute approximate surface area is 94.8 Å². The van der Waals surface area contributed by atoms with Crippen molar-refractivity contribution in [1.82, 2.24) is 4.72 Å². The summed E-state index contributed by atoms with van der Waals surface area (Å²) in [6, 6.07) is -1.28. The number of hydrogen-bond acceptors (Lipinski definition) is 5. The van der Waals surface area contributed by atoms with Crippen molar-refractivity contribution in [1.29, 1.82) is 0 Å². The lowest BCUT2D eigenvalue weighted by atomic mass is 10.2. The van der Waals surface area contributed by atoms with Crippen molar-refractivity contribution in [3.63, 3.8) is 0 Å². The van der Waals surface area contributed by atoms with Crippen molar-refractivity contribution >= 4 is 25.8 Å². The molecule has 0 spiro atoms. The lowest BCUT2D eigenvalue weighted by Crippen LogP contribution is -2.42. The Morgan fingerprint density at radius 2 is 1.81 bits per heavy atom. The molecule has 0 aromatic heterocycles. The minimum absolute atomic E-state index is 0.109. The van der Waals surface area contributed by atoms with Crippen LogP contribution in [0.15, 0.2) is 0 Å². The molecule has 0 aromatic rings. The van der Waals surface area contributed by atoms with Crippen LogP contribution in [0.1, 0.15) is 19.8 Å². The molecular weight excluding hydrogens is 258 g/mol. The van der Waals surface area contributed by atoms with Gasteiger partial charge in [-0.1, -0.05) is 13.3 Å². The van der Waals surface area contributed by atoms with Crippen molar-refractivity contribution in [2.24, 2.45) is 0 Å². The van der Waals surface area contributed by atoms with Crippen LogP contribution in [0.4, 0.5) is 0 Å². The van der Waals surface area contributed by atoms with E-state index in [1.807, 2.05) is 4.72 Å². The van der Waals surface area contributed by atoms with Gasteiger partial charge in [0.1, 0.15) is 6.04 Å². The van der Waals surface area contributed by atoms with Crippen LogP contribution < -0.4 is 4.72 Å². The maximum absolute atomic E-state index is 11.3. The number of carboxylic acids is 1. The van der Waals surface area contributed by atoms with Crippen LogP contribution >= 0.6 is 0 Å². The smallest absolute Gasteiger partial charge is 0.321 e. The first-order chi connectivity index (χ1) is 7.07. The predicted molar refractivity (Wildman–Crippen MR) is 58.1 cm³/mol. The highest BCUT2D eigenvalue weighted by Crippen LogP contribution is 2.01. The maximum atomic E-state index is 11.3. The number of sulfone groups is 1. The SMILES string of the molecule is CCC[C@H](NS(=O)(=O)CS(C)(=O)=O)C(=O)O. The van der Waals surface area contributed by atoms with Crippen LogP contribution in [0.3, 0.4) is 0 Å². The molecule has 0 bridgehead atoms. The highest BCUT2D eigenvalue weighted by molar-refractivity contribution is 8.06. The molecule has 0 heterocycles. The number of carboxylic acid groups (broad SMARTS) is 1. The molecule has 0 rings (SSSR count). The van der Waals surface area contributed by atoms with Crippen LogP contribution in [0.5, 0.6) is 0 Å². The van der Waals surface area contributed by atoms with E-state index in [2.05, 4.69) is 0 Å². The number of sulfonamides is 1. The topological polar surface area (TPSA) is 118 Å². The van der Waals surface area contributed by atoms with Crippen LogP contribution in [-0.2, 0) is 24.7 Å². The zero-order valence-corrected chi connectivity index (χ0v) is 10.6. The second-order valence-corrected chi connectivity index (χ2v) is 7.72. The van der Waals surface area contributed by atoms with Crippen molar-refractivity contribution in [2.45, 2.75) is 25.8 Å². The molecule has 7 nitrogen and oxygen atoms in total. The van der Waals surface area contributed by atoms with E-state index in [-0.39, 0.29) is 6.42 Å². The van der Waals surface area contributed by atoms with Gasteiger partial charge in [0, 0.05) is 6.26 Å². The second kappa shape index (κ2) is 5.60. The molecule has 0 unspecified atom stereocenters. The third kappa shape index (κ3) is 6.75. The minimum Gasteiger partial charge on any atom is -0.480 e. The van der Waals surface area contributed by atoms with E-state index in [0.717, 1.165) is 6.26 Å². The summed E-state index contributed by atoms with van der Waals surface area (Å²) < 4.78 is 46.0. The normalized spacial score (nSPS) is 14.6. The van der Waals surface area contributed by atoms with Crippen molar-refractivity contribution < 1.29 is 26.7 Å². The molecule has 9 heteroatoms. The fourth-order valence-corrected chi connectivity index (χ4v) is 4.23. The van der Waals surface area contributed by atoms with Gasteiger partial charge >= 0.3 is 5.97 Å². The van der Waals surface area contributed by atoms with Gasteiger partial charge in [-0.05, 0) is 6.42 Å². The molecule has 0 saturated heterocycles. The predicted octanol–water partition coefficient (Wildman–Crippen LogP) is -0.839. The van der Waals surface area contributed by atoms with Crippen molar-refractivity contribution in [2.75, 3.05) is 11.3 Å². The molecule has 0 aromatic carbocycles. The first kappa shape index (κ1) is 15.3. The van der Waals surface area contributed by atoms with E-state index < -0.39 is 37.0 Å². The molecule has 0 saturated carbocycles. The fraction of sp³-hybridized carbons (Fsp3) is 0.857. The maximum Gasteiger partial charge on any atom is 0.321 e. The van der Waals surface area contributed by atoms with E-state index in [0.29, 0.717) is 6.42 Å². The van der Waals surface area contributed by atoms with Gasteiger partial charge in [-0.15, -0.1) is 0 Å². The first-order valence-corrected chi connectivity index (χ1v) is 8.19. The van der Waals surface area contributed by atoms with Crippen LogP contribution in [0.2, 0.25) is 0 Å². The molecule has 0 amide bonds. The second-order valence-electron chi connectivity index (χ2n) is 3.46. The fourth-order valence-electron chi connectivity index (χ4n) is 1.05. The number of carbonyl (C=O) groups is 1. The first-order valence-electron chi connectivity index (χ1n) is 4.48. The zero-order chi connectivity index (χ0) is 13.0. The Balaban J connectivity index is 4.74. The quantitative estimate of drug-likeness (QED) is 0.624. The van der Waals surface area contributed by atoms with E-state index in [1.54, 1.807) is 6.92 Å². The summed E-state index contributed by atoms with van der Waals surface area (Å²) in [5.41, 5.74) is 0. The monoisotopic (exact) mass is 273 g/mol. The third-order valence-electron chi connectivity index (χ3n) is 1.57. The molecule has 0 aliphatic carbocycles. The van der Waals surface area contributed by atoms with Gasteiger partial charge in [0.2, 0.25) is 10.0 Å². The van der Waals surface area contributed by atoms with E-state index in [1.165, 1.54) is 0 Å². The molecule has 0 fully saturated rings. The average Bonchev–Trinajstić information content (AvgIpc) is 1.97. The number of hydrogen-bond donors (Lipinski definition) is 2. The third-order valence-corrected chi connectivity index (χ3v) is 5.16. The standard InChI is InChI=1S/C7H15NO6S2/c1-3-4-6(7(9)10)8-16(13,14)5-15(2,11)12/h6,8H,3-5H2,1-2H3,(H,9,10)/t6-/m0/s1. The van der Waals surface area contributed by atoms with Gasteiger partial charge < -0.3 is 5.11 Å². The highest BCUT2D eigenvalue weighted by atomic mass is 32.3. The summed E-state index contributed by atoms with van der Waals surface area (Å²) in [6.45, 7) is 1.70. The Kier molecular flexibility index (Phi) is 5.36. The summed E-state index contributed by atoms with van der Waals surface area (Å²) in [7, 11) is -7.84. The molecule has 0 aliphatic rings. The van der Waals surface area contributed by atoms with Gasteiger partial charge in [-0.2, -0.15) is 0 Å². The van der Waals surface area contributed by atoms with Crippen molar-refractivity contribution in [3.05, 3.63) is 0 Å². The van der Waals surface area contributed by atoms with Gasteiger partial charge in [0.25, 0.3) is 0 Å². The Bertz CT molecular complexity index is 437. The summed E-state index contributed by atoms with van der Waals surface area (Å²) in [4.78, 5) is 10.7. The van der Waals surface area contributed by atoms with E-state index in [9.17, 15) is 21.6 Å². The van der Waals surface area contributed by atoms with Gasteiger partial charge in [-0.25, -0.2) is 21.6 Å². The number of nitrogens with one attached hydrogen (secondary N) is 1. The summed E-state index contributed by atoms with van der Waals surface area (Å²) in [6.07, 6.45) is 1.35. The number of aliphatic carboxylic acids is 1. The van der Waals surface area contributed by atoms with Gasteiger partial charge in [0.05, 0.1) is 0 Å². The average molecular weight is 273 g/mol. The summed E-state index contributed by atoms with van der Waals surface area (Å²) in [5.74, 6) is -1.32. The molecule has 0 aliphatic heterocycles. The molecule has 96 valence electrons. The zero-order valence-electron chi connectivity index (χ0n) is 9.00. The Morgan fingerprint density at radius 1 is 1.31 bits per heavy atom. The molecular formula is C7H15NO6S2. The molecule has 2 N–H and O–H groups in total. The van der Waals surface area contributed by atoms with E-state index >= 15 is 0 Å². The van der Waals surface area contributed by atoms with Crippen LogP contribution in [0.25, 0.3) is 0 Å². The Morgan fingerprint density at radius 3 is 2.12 bits per heavy atom. The minimum atomic E-state index is -4.12. The number of rotatable bonds is 7. The molecule has 1 atom stereocenters. The van der Waals surface area contributed by atoms with Crippen LogP contribution in [0, 0.1) is 0 Å². The molecule has 16 heavy (non-hydrogen) atoms.